The van der Waals surface area contributed by atoms with Gasteiger partial charge in [0.1, 0.15) is 9.71 Å². The molecule has 3 N–H and O–H groups in total. The second-order valence-electron chi connectivity index (χ2n) is 6.13. The zero-order valence-electron chi connectivity index (χ0n) is 14.7. The molecule has 4 nitrogen and oxygen atoms in total. The molecule has 30 heavy (non-hydrogen) atoms. The standard InChI is InChI=1S/C19H10Cl2F3N3OS2/c20-8-3-4-11(10(21)6-8)26-17(28)16-15(25)14-9(19(22,23)24)7-12(27-18(14)30-16)13-2-1-5-29-13/h1-7H,25H2,(H,26,28). The number of nitrogens with zero attached hydrogens (tertiary/aromatic N) is 1. The predicted octanol–water partition coefficient (Wildman–Crippen LogP) is 7.18. The van der Waals surface area contributed by atoms with Crippen LogP contribution in [-0.4, -0.2) is 10.9 Å². The average Bonchev–Trinajstić information content (AvgIpc) is 3.31. The van der Waals surface area contributed by atoms with E-state index in [1.54, 1.807) is 17.5 Å². The average molecular weight is 488 g/mol. The smallest absolute Gasteiger partial charge is 0.397 e. The van der Waals surface area contributed by atoms with Crippen LogP contribution in [0.25, 0.3) is 20.8 Å². The largest absolute Gasteiger partial charge is 0.417 e. The first-order chi connectivity index (χ1) is 14.1. The lowest BCUT2D eigenvalue weighted by atomic mass is 10.1. The quantitative estimate of drug-likeness (QED) is 0.321. The molecular weight excluding hydrogens is 478 g/mol. The number of nitrogen functional groups attached to an aromatic ring is 1. The number of nitrogens with two attached hydrogens (primary N) is 1. The minimum atomic E-state index is -4.67. The number of thiophene rings is 2. The fraction of sp³-hybridized carbons (Fsp3) is 0.0526. The molecule has 3 aromatic heterocycles. The molecule has 0 radical (unpaired) electrons. The van der Waals surface area contributed by atoms with Crippen LogP contribution in [0.3, 0.4) is 0 Å². The number of hydrogen-bond acceptors (Lipinski definition) is 5. The number of benzene rings is 1. The Balaban J connectivity index is 1.83. The maximum Gasteiger partial charge on any atom is 0.417 e. The molecular formula is C19H10Cl2F3N3OS2. The van der Waals surface area contributed by atoms with Crippen molar-refractivity contribution >= 4 is 73.4 Å². The number of nitrogens with one attached hydrogen (secondary N) is 1. The van der Waals surface area contributed by atoms with Gasteiger partial charge < -0.3 is 11.1 Å². The van der Waals surface area contributed by atoms with Crippen molar-refractivity contribution in [3.05, 3.63) is 62.3 Å². The van der Waals surface area contributed by atoms with E-state index >= 15 is 0 Å². The van der Waals surface area contributed by atoms with E-state index in [0.29, 0.717) is 9.90 Å². The summed E-state index contributed by atoms with van der Waals surface area (Å²) in [6.07, 6.45) is -4.67. The van der Waals surface area contributed by atoms with E-state index in [4.69, 9.17) is 28.9 Å². The van der Waals surface area contributed by atoms with E-state index in [9.17, 15) is 18.0 Å². The van der Waals surface area contributed by atoms with Crippen LogP contribution in [0.2, 0.25) is 10.0 Å². The van der Waals surface area contributed by atoms with Crippen molar-refractivity contribution in [1.29, 1.82) is 0 Å². The van der Waals surface area contributed by atoms with E-state index in [2.05, 4.69) is 10.3 Å². The summed E-state index contributed by atoms with van der Waals surface area (Å²) in [4.78, 5) is 17.6. The van der Waals surface area contributed by atoms with Crippen molar-refractivity contribution in [3.63, 3.8) is 0 Å². The van der Waals surface area contributed by atoms with Crippen LogP contribution in [0.15, 0.2) is 41.8 Å². The normalized spacial score (nSPS) is 11.8. The number of aromatic nitrogens is 1. The third-order valence-corrected chi connectivity index (χ3v) is 6.70. The van der Waals surface area contributed by atoms with Gasteiger partial charge in [-0.1, -0.05) is 29.3 Å². The Bertz CT molecular complexity index is 1270. The van der Waals surface area contributed by atoms with Crippen LogP contribution >= 0.6 is 45.9 Å². The van der Waals surface area contributed by atoms with Gasteiger partial charge in [-0.15, -0.1) is 22.7 Å². The maximum atomic E-state index is 13.8. The van der Waals surface area contributed by atoms with Crippen LogP contribution in [0.5, 0.6) is 0 Å². The Morgan fingerprint density at radius 2 is 1.93 bits per heavy atom. The topological polar surface area (TPSA) is 68.0 Å². The zero-order chi connectivity index (χ0) is 21.6. The Labute approximate surface area is 186 Å². The van der Waals surface area contributed by atoms with Gasteiger partial charge in [0.05, 0.1) is 32.5 Å². The molecule has 154 valence electrons. The number of alkyl halides is 3. The summed E-state index contributed by atoms with van der Waals surface area (Å²) in [5, 5.41) is 4.56. The Morgan fingerprint density at radius 3 is 2.57 bits per heavy atom. The molecule has 4 aromatic rings. The van der Waals surface area contributed by atoms with Crippen molar-refractivity contribution in [2.45, 2.75) is 6.18 Å². The van der Waals surface area contributed by atoms with Crippen molar-refractivity contribution in [2.75, 3.05) is 11.1 Å². The van der Waals surface area contributed by atoms with Crippen LogP contribution in [-0.2, 0) is 6.18 Å². The third kappa shape index (κ3) is 3.85. The van der Waals surface area contributed by atoms with Gasteiger partial charge in [0.15, 0.2) is 0 Å². The van der Waals surface area contributed by atoms with Crippen molar-refractivity contribution in [2.24, 2.45) is 0 Å². The van der Waals surface area contributed by atoms with Gasteiger partial charge in [0.2, 0.25) is 0 Å². The number of anilines is 2. The number of rotatable bonds is 3. The molecule has 4 rings (SSSR count). The molecule has 0 bridgehead atoms. The predicted molar refractivity (Wildman–Crippen MR) is 117 cm³/mol. The Morgan fingerprint density at radius 1 is 1.17 bits per heavy atom. The lowest BCUT2D eigenvalue weighted by Gasteiger charge is -2.10. The van der Waals surface area contributed by atoms with Crippen molar-refractivity contribution in [1.82, 2.24) is 4.98 Å². The third-order valence-electron chi connectivity index (χ3n) is 4.16. The van der Waals surface area contributed by atoms with E-state index < -0.39 is 17.6 Å². The van der Waals surface area contributed by atoms with Gasteiger partial charge in [-0.2, -0.15) is 13.2 Å². The Kier molecular flexibility index (Phi) is 5.39. The fourth-order valence-electron chi connectivity index (χ4n) is 2.83. The highest BCUT2D eigenvalue weighted by Gasteiger charge is 2.36. The molecule has 0 unspecified atom stereocenters. The first kappa shape index (κ1) is 20.9. The SMILES string of the molecule is Nc1c(C(=O)Nc2ccc(Cl)cc2Cl)sc2nc(-c3cccs3)cc(C(F)(F)F)c12. The van der Waals surface area contributed by atoms with Gasteiger partial charge in [-0.3, -0.25) is 4.79 Å². The lowest BCUT2D eigenvalue weighted by molar-refractivity contribution is -0.136. The highest BCUT2D eigenvalue weighted by Crippen LogP contribution is 2.44. The molecule has 0 saturated heterocycles. The summed E-state index contributed by atoms with van der Waals surface area (Å²) < 4.78 is 41.3. The summed E-state index contributed by atoms with van der Waals surface area (Å²) in [6, 6.07) is 8.79. The summed E-state index contributed by atoms with van der Waals surface area (Å²) >= 11 is 13.9. The minimum Gasteiger partial charge on any atom is -0.397 e. The summed E-state index contributed by atoms with van der Waals surface area (Å²) in [6.45, 7) is 0. The number of amides is 1. The molecule has 0 spiro atoms. The number of pyridine rings is 1. The van der Waals surface area contributed by atoms with Crippen LogP contribution in [0.4, 0.5) is 24.5 Å². The van der Waals surface area contributed by atoms with Gasteiger partial charge >= 0.3 is 6.18 Å². The van der Waals surface area contributed by atoms with Crippen LogP contribution < -0.4 is 11.1 Å². The molecule has 0 atom stereocenters. The molecule has 0 aliphatic heterocycles. The highest BCUT2D eigenvalue weighted by molar-refractivity contribution is 7.21. The highest BCUT2D eigenvalue weighted by atomic mass is 35.5. The minimum absolute atomic E-state index is 0.0260. The fourth-order valence-corrected chi connectivity index (χ4v) is 4.99. The van der Waals surface area contributed by atoms with E-state index in [0.717, 1.165) is 17.4 Å². The second kappa shape index (κ2) is 7.73. The van der Waals surface area contributed by atoms with Crippen molar-refractivity contribution < 1.29 is 18.0 Å². The van der Waals surface area contributed by atoms with Crippen LogP contribution in [0, 0.1) is 0 Å². The van der Waals surface area contributed by atoms with E-state index in [1.165, 1.54) is 29.5 Å². The second-order valence-corrected chi connectivity index (χ2v) is 8.92. The first-order valence-electron chi connectivity index (χ1n) is 8.25. The van der Waals surface area contributed by atoms with Gasteiger partial charge in [0, 0.05) is 10.4 Å². The maximum absolute atomic E-state index is 13.8. The molecule has 11 heteroatoms. The number of carbonyl (C=O) groups excluding carboxylic acids is 1. The van der Waals surface area contributed by atoms with Crippen molar-refractivity contribution in [3.8, 4) is 10.6 Å². The molecule has 1 amide bonds. The number of hydrogen-bond donors (Lipinski definition) is 2. The number of halogens is 5. The molecule has 0 saturated carbocycles. The van der Waals surface area contributed by atoms with E-state index in [1.807, 2.05) is 0 Å². The van der Waals surface area contributed by atoms with Gasteiger partial charge in [-0.25, -0.2) is 4.98 Å². The van der Waals surface area contributed by atoms with Gasteiger partial charge in [-0.05, 0) is 35.7 Å². The summed E-state index contributed by atoms with van der Waals surface area (Å²) in [5.74, 6) is -0.689. The molecule has 3 heterocycles. The molecule has 0 fully saturated rings. The number of fused-ring (bicyclic) bond motifs is 1. The molecule has 1 aromatic carbocycles. The first-order valence-corrected chi connectivity index (χ1v) is 10.7. The Hall–Kier alpha value is -2.33. The zero-order valence-corrected chi connectivity index (χ0v) is 17.8. The molecule has 0 aliphatic carbocycles. The van der Waals surface area contributed by atoms with Gasteiger partial charge in [0.25, 0.3) is 5.91 Å². The lowest BCUT2D eigenvalue weighted by Crippen LogP contribution is -2.13. The summed E-state index contributed by atoms with van der Waals surface area (Å²) in [5.41, 5.74) is 5.18. The monoisotopic (exact) mass is 487 g/mol. The van der Waals surface area contributed by atoms with E-state index in [-0.39, 0.29) is 37.2 Å². The van der Waals surface area contributed by atoms with Crippen LogP contribution in [0.1, 0.15) is 15.2 Å². The summed E-state index contributed by atoms with van der Waals surface area (Å²) in [7, 11) is 0. The molecule has 0 aliphatic rings. The number of carbonyl (C=O) groups is 1.